The number of hydrogen-bond donors (Lipinski definition) is 1. The van der Waals surface area contributed by atoms with E-state index in [2.05, 4.69) is 15.0 Å². The molecule has 0 unspecified atom stereocenters. The zero-order valence-electron chi connectivity index (χ0n) is 17.1. The van der Waals surface area contributed by atoms with Gasteiger partial charge in [0.05, 0.1) is 23.2 Å². The average molecular weight is 416 g/mol. The number of aromatic nitrogens is 1. The highest BCUT2D eigenvalue weighted by atomic mass is 19.1. The van der Waals surface area contributed by atoms with Crippen molar-refractivity contribution in [3.8, 4) is 0 Å². The van der Waals surface area contributed by atoms with Crippen molar-refractivity contribution in [2.45, 2.75) is 25.8 Å². The summed E-state index contributed by atoms with van der Waals surface area (Å²) in [6, 6.07) is 3.15. The zero-order valence-corrected chi connectivity index (χ0v) is 17.1. The third-order valence-electron chi connectivity index (χ3n) is 5.59. The SMILES string of the molecule is CCOC(=O)C(=O)Nc1cn(C2CC2)c2cc(N3CCN(C)CC3)c(F)cc2c1=O. The number of nitrogens with zero attached hydrogens (tertiary/aromatic N) is 3. The molecule has 1 aliphatic carbocycles. The van der Waals surface area contributed by atoms with Crippen LogP contribution in [0.25, 0.3) is 10.9 Å². The number of rotatable bonds is 4. The van der Waals surface area contributed by atoms with Gasteiger partial charge in [-0.3, -0.25) is 9.59 Å². The van der Waals surface area contributed by atoms with E-state index in [0.29, 0.717) is 24.3 Å². The molecule has 4 rings (SSSR count). The molecule has 0 radical (unpaired) electrons. The standard InChI is InChI=1S/C21H25FN4O4/c1-3-30-21(29)20(28)23-16-12-26(13-4-5-13)17-11-18(15(22)10-14(17)19(16)27)25-8-6-24(2)7-9-25/h10-13H,3-9H2,1-2H3,(H,23,28). The molecule has 0 spiro atoms. The van der Waals surface area contributed by atoms with Gasteiger partial charge < -0.3 is 24.4 Å². The summed E-state index contributed by atoms with van der Waals surface area (Å²) < 4.78 is 21.6. The Balaban J connectivity index is 1.76. The fourth-order valence-electron chi connectivity index (χ4n) is 3.76. The molecule has 160 valence electrons. The van der Waals surface area contributed by atoms with Gasteiger partial charge in [0.2, 0.25) is 5.43 Å². The largest absolute Gasteiger partial charge is 0.459 e. The Bertz CT molecular complexity index is 1060. The lowest BCUT2D eigenvalue weighted by Gasteiger charge is -2.34. The van der Waals surface area contributed by atoms with Crippen LogP contribution >= 0.6 is 0 Å². The Morgan fingerprint density at radius 1 is 1.20 bits per heavy atom. The lowest BCUT2D eigenvalue weighted by atomic mass is 10.1. The van der Waals surface area contributed by atoms with Gasteiger partial charge in [-0.05, 0) is 38.9 Å². The Morgan fingerprint density at radius 3 is 2.53 bits per heavy atom. The summed E-state index contributed by atoms with van der Waals surface area (Å²) in [5, 5.41) is 2.51. The molecule has 1 saturated heterocycles. The smallest absolute Gasteiger partial charge is 0.397 e. The van der Waals surface area contributed by atoms with Crippen LogP contribution in [-0.2, 0) is 14.3 Å². The van der Waals surface area contributed by atoms with Gasteiger partial charge in [-0.1, -0.05) is 0 Å². The third-order valence-corrected chi connectivity index (χ3v) is 5.59. The molecular formula is C21H25FN4O4. The number of carbonyl (C=O) groups is 2. The highest BCUT2D eigenvalue weighted by molar-refractivity contribution is 6.37. The average Bonchev–Trinajstić information content (AvgIpc) is 3.56. The first kappa shape index (κ1) is 20.3. The van der Waals surface area contributed by atoms with Crippen LogP contribution in [0.5, 0.6) is 0 Å². The van der Waals surface area contributed by atoms with Crippen LogP contribution in [-0.4, -0.2) is 61.2 Å². The maximum atomic E-state index is 15.0. The number of fused-ring (bicyclic) bond motifs is 1. The number of amides is 1. The summed E-state index contributed by atoms with van der Waals surface area (Å²) in [4.78, 5) is 40.8. The number of anilines is 2. The summed E-state index contributed by atoms with van der Waals surface area (Å²) in [5.74, 6) is -2.56. The lowest BCUT2D eigenvalue weighted by Crippen LogP contribution is -2.44. The van der Waals surface area contributed by atoms with E-state index in [1.165, 1.54) is 6.07 Å². The number of benzene rings is 1. The number of pyridine rings is 1. The number of piperazine rings is 1. The number of likely N-dealkylation sites (N-methyl/N-ethyl adjacent to an activating group) is 1. The highest BCUT2D eigenvalue weighted by Gasteiger charge is 2.28. The maximum Gasteiger partial charge on any atom is 0.397 e. The molecule has 0 bridgehead atoms. The van der Waals surface area contributed by atoms with Crippen molar-refractivity contribution in [2.75, 3.05) is 50.1 Å². The summed E-state index contributed by atoms with van der Waals surface area (Å²) >= 11 is 0. The van der Waals surface area contributed by atoms with Crippen molar-refractivity contribution in [2.24, 2.45) is 0 Å². The van der Waals surface area contributed by atoms with E-state index in [9.17, 15) is 18.8 Å². The minimum Gasteiger partial charge on any atom is -0.459 e. The van der Waals surface area contributed by atoms with Crippen molar-refractivity contribution in [1.29, 1.82) is 0 Å². The summed E-state index contributed by atoms with van der Waals surface area (Å²) in [6.07, 6.45) is 3.42. The second-order valence-corrected chi connectivity index (χ2v) is 7.80. The molecule has 1 N–H and O–H groups in total. The van der Waals surface area contributed by atoms with E-state index >= 15 is 0 Å². The molecule has 2 fully saturated rings. The molecule has 0 atom stereocenters. The number of esters is 1. The van der Waals surface area contributed by atoms with Gasteiger partial charge in [-0.25, -0.2) is 9.18 Å². The third kappa shape index (κ3) is 3.89. The van der Waals surface area contributed by atoms with Gasteiger partial charge in [0.15, 0.2) is 0 Å². The number of halogens is 1. The van der Waals surface area contributed by atoms with Gasteiger partial charge in [0.25, 0.3) is 0 Å². The van der Waals surface area contributed by atoms with E-state index < -0.39 is 23.1 Å². The normalized spacial score (nSPS) is 17.2. The summed E-state index contributed by atoms with van der Waals surface area (Å²) in [5.41, 5.74) is 0.530. The maximum absolute atomic E-state index is 15.0. The van der Waals surface area contributed by atoms with Crippen molar-refractivity contribution >= 4 is 34.2 Å². The monoisotopic (exact) mass is 416 g/mol. The highest BCUT2D eigenvalue weighted by Crippen LogP contribution is 2.38. The van der Waals surface area contributed by atoms with E-state index in [4.69, 9.17) is 0 Å². The number of nitrogens with one attached hydrogen (secondary N) is 1. The molecule has 2 aromatic rings. The van der Waals surface area contributed by atoms with Crippen LogP contribution in [0.3, 0.4) is 0 Å². The molecule has 1 aromatic heterocycles. The van der Waals surface area contributed by atoms with Crippen molar-refractivity contribution in [3.05, 3.63) is 34.4 Å². The van der Waals surface area contributed by atoms with Crippen LogP contribution in [0.1, 0.15) is 25.8 Å². The van der Waals surface area contributed by atoms with Crippen LogP contribution in [0.2, 0.25) is 0 Å². The Kier molecular flexibility index (Phi) is 5.46. The molecule has 8 nitrogen and oxygen atoms in total. The van der Waals surface area contributed by atoms with E-state index in [-0.39, 0.29) is 23.7 Å². The molecule has 1 amide bonds. The minimum absolute atomic E-state index is 0.0521. The fraction of sp³-hybridized carbons (Fsp3) is 0.476. The lowest BCUT2D eigenvalue weighted by molar-refractivity contribution is -0.152. The molecule has 1 aromatic carbocycles. The molecule has 2 heterocycles. The van der Waals surface area contributed by atoms with Gasteiger partial charge in [-0.15, -0.1) is 0 Å². The molecular weight excluding hydrogens is 391 g/mol. The van der Waals surface area contributed by atoms with Gasteiger partial charge in [0.1, 0.15) is 11.5 Å². The van der Waals surface area contributed by atoms with Gasteiger partial charge in [0, 0.05) is 38.4 Å². The molecule has 1 aliphatic heterocycles. The van der Waals surface area contributed by atoms with Crippen molar-refractivity contribution in [3.63, 3.8) is 0 Å². The molecule has 2 aliphatic rings. The Morgan fingerprint density at radius 2 is 1.90 bits per heavy atom. The predicted octanol–water partition coefficient (Wildman–Crippen LogP) is 1.73. The Labute approximate surface area is 173 Å². The van der Waals surface area contributed by atoms with Crippen LogP contribution in [0, 0.1) is 5.82 Å². The fourth-order valence-corrected chi connectivity index (χ4v) is 3.76. The number of carbonyl (C=O) groups excluding carboxylic acids is 2. The summed E-state index contributed by atoms with van der Waals surface area (Å²) in [7, 11) is 2.03. The predicted molar refractivity (Wildman–Crippen MR) is 111 cm³/mol. The van der Waals surface area contributed by atoms with Gasteiger partial charge >= 0.3 is 11.9 Å². The second-order valence-electron chi connectivity index (χ2n) is 7.80. The van der Waals surface area contributed by atoms with Gasteiger partial charge in [-0.2, -0.15) is 0 Å². The number of hydrogen-bond acceptors (Lipinski definition) is 6. The number of ether oxygens (including phenoxy) is 1. The molecule has 30 heavy (non-hydrogen) atoms. The van der Waals surface area contributed by atoms with Crippen LogP contribution in [0.4, 0.5) is 15.8 Å². The molecule has 1 saturated carbocycles. The van der Waals surface area contributed by atoms with Crippen molar-refractivity contribution in [1.82, 2.24) is 9.47 Å². The van der Waals surface area contributed by atoms with E-state index in [0.717, 1.165) is 25.9 Å². The molecule has 9 heteroatoms. The van der Waals surface area contributed by atoms with Crippen LogP contribution in [0.15, 0.2) is 23.1 Å². The van der Waals surface area contributed by atoms with E-state index in [1.807, 2.05) is 16.5 Å². The minimum atomic E-state index is -1.06. The Hall–Kier alpha value is -2.94. The van der Waals surface area contributed by atoms with Crippen molar-refractivity contribution < 1.29 is 18.7 Å². The first-order chi connectivity index (χ1) is 14.4. The quantitative estimate of drug-likeness (QED) is 0.604. The first-order valence-corrected chi connectivity index (χ1v) is 10.2. The zero-order chi connectivity index (χ0) is 21.4. The summed E-state index contributed by atoms with van der Waals surface area (Å²) in [6.45, 7) is 4.73. The topological polar surface area (TPSA) is 83.9 Å². The second kappa shape index (κ2) is 8.06. The van der Waals surface area contributed by atoms with E-state index in [1.54, 1.807) is 19.2 Å². The van der Waals surface area contributed by atoms with Crippen LogP contribution < -0.4 is 15.6 Å². The first-order valence-electron chi connectivity index (χ1n) is 10.2.